The van der Waals surface area contributed by atoms with Crippen LogP contribution in [0.15, 0.2) is 6.07 Å². The van der Waals surface area contributed by atoms with Crippen LogP contribution in [0.5, 0.6) is 0 Å². The van der Waals surface area contributed by atoms with Crippen molar-refractivity contribution in [2.24, 2.45) is 0 Å². The maximum atomic E-state index is 6.05. The van der Waals surface area contributed by atoms with Crippen LogP contribution >= 0.6 is 11.6 Å². The molecular weight excluding hydrogens is 266 g/mol. The summed E-state index contributed by atoms with van der Waals surface area (Å²) in [5.41, 5.74) is 0. The molecule has 5 nitrogen and oxygen atoms in total. The Kier molecular flexibility index (Phi) is 7.05. The van der Waals surface area contributed by atoms with Gasteiger partial charge in [-0.25, -0.2) is 9.97 Å². The third-order valence-corrected chi connectivity index (χ3v) is 2.93. The van der Waals surface area contributed by atoms with E-state index in [1.54, 1.807) is 13.2 Å². The number of ether oxygens (including phenoxy) is 2. The van der Waals surface area contributed by atoms with E-state index in [2.05, 4.69) is 28.7 Å². The molecule has 1 unspecified atom stereocenters. The normalized spacial score (nSPS) is 12.5. The number of halogens is 1. The lowest BCUT2D eigenvalue weighted by atomic mass is 10.3. The summed E-state index contributed by atoms with van der Waals surface area (Å²) in [6.07, 6.45) is 0. The van der Waals surface area contributed by atoms with Crippen LogP contribution in [0.4, 0.5) is 5.82 Å². The lowest BCUT2D eigenvalue weighted by Gasteiger charge is -2.28. The molecule has 0 fully saturated rings. The van der Waals surface area contributed by atoms with Gasteiger partial charge >= 0.3 is 0 Å². The average molecular weight is 288 g/mol. The second-order valence-electron chi connectivity index (χ2n) is 4.19. The van der Waals surface area contributed by atoms with Gasteiger partial charge < -0.3 is 14.4 Å². The van der Waals surface area contributed by atoms with Crippen LogP contribution in [0.2, 0.25) is 5.15 Å². The van der Waals surface area contributed by atoms with Gasteiger partial charge in [0.15, 0.2) is 5.82 Å². The maximum absolute atomic E-state index is 6.05. The number of nitrogens with zero attached hydrogens (tertiary/aromatic N) is 3. The average Bonchev–Trinajstić information content (AvgIpc) is 2.37. The molecule has 1 aromatic heterocycles. The lowest BCUT2D eigenvalue weighted by Crippen LogP contribution is -2.37. The number of methoxy groups -OCH3 is 1. The number of rotatable bonds is 8. The van der Waals surface area contributed by atoms with Crippen LogP contribution in [0, 0.1) is 0 Å². The highest BCUT2D eigenvalue weighted by molar-refractivity contribution is 6.29. The van der Waals surface area contributed by atoms with E-state index in [-0.39, 0.29) is 6.04 Å². The van der Waals surface area contributed by atoms with Gasteiger partial charge in [-0.3, -0.25) is 0 Å². The van der Waals surface area contributed by atoms with Gasteiger partial charge in [-0.15, -0.1) is 0 Å². The molecule has 1 atom stereocenters. The first kappa shape index (κ1) is 16.1. The van der Waals surface area contributed by atoms with Crippen molar-refractivity contribution in [3.8, 4) is 0 Å². The van der Waals surface area contributed by atoms with Gasteiger partial charge in [0.2, 0.25) is 0 Å². The number of hydrogen-bond donors (Lipinski definition) is 0. The molecule has 108 valence electrons. The molecule has 0 aliphatic rings. The topological polar surface area (TPSA) is 47.5 Å². The molecule has 0 N–H and O–H groups in total. The first-order valence-electron chi connectivity index (χ1n) is 6.49. The monoisotopic (exact) mass is 287 g/mol. The highest BCUT2D eigenvalue weighted by Crippen LogP contribution is 2.18. The zero-order valence-electron chi connectivity index (χ0n) is 12.0. The second-order valence-corrected chi connectivity index (χ2v) is 4.58. The van der Waals surface area contributed by atoms with E-state index in [4.69, 9.17) is 21.1 Å². The fraction of sp³-hybridized carbons (Fsp3) is 0.692. The van der Waals surface area contributed by atoms with Crippen molar-refractivity contribution in [1.29, 1.82) is 0 Å². The van der Waals surface area contributed by atoms with E-state index in [0.717, 1.165) is 12.4 Å². The predicted molar refractivity (Wildman–Crippen MR) is 76.7 cm³/mol. The number of hydrogen-bond acceptors (Lipinski definition) is 5. The number of likely N-dealkylation sites (N-methyl/N-ethyl adjacent to an activating group) is 1. The summed E-state index contributed by atoms with van der Waals surface area (Å²) < 4.78 is 10.5. The predicted octanol–water partition coefficient (Wildman–Crippen LogP) is 2.53. The summed E-state index contributed by atoms with van der Waals surface area (Å²) in [7, 11) is 1.69. The number of aromatic nitrogens is 2. The van der Waals surface area contributed by atoms with Crippen LogP contribution in [-0.2, 0) is 16.1 Å². The summed E-state index contributed by atoms with van der Waals surface area (Å²) >= 11 is 6.05. The van der Waals surface area contributed by atoms with Crippen molar-refractivity contribution in [2.75, 3.05) is 31.8 Å². The van der Waals surface area contributed by atoms with Gasteiger partial charge in [-0.05, 0) is 20.8 Å². The Morgan fingerprint density at radius 3 is 2.68 bits per heavy atom. The molecule has 0 saturated heterocycles. The third-order valence-electron chi connectivity index (χ3n) is 2.74. The molecule has 0 spiro atoms. The third kappa shape index (κ3) is 4.93. The van der Waals surface area contributed by atoms with Crippen LogP contribution < -0.4 is 4.90 Å². The smallest absolute Gasteiger partial charge is 0.158 e. The largest absolute Gasteiger partial charge is 0.383 e. The molecule has 0 amide bonds. The highest BCUT2D eigenvalue weighted by atomic mass is 35.5. The second kappa shape index (κ2) is 8.30. The summed E-state index contributed by atoms with van der Waals surface area (Å²) in [5, 5.41) is 0.433. The first-order chi connectivity index (χ1) is 9.12. The molecule has 0 aliphatic carbocycles. The molecule has 1 heterocycles. The quantitative estimate of drug-likeness (QED) is 0.688. The summed E-state index contributed by atoms with van der Waals surface area (Å²) in [6.45, 7) is 8.56. The maximum Gasteiger partial charge on any atom is 0.158 e. The van der Waals surface area contributed by atoms with Crippen molar-refractivity contribution in [3.05, 3.63) is 17.0 Å². The fourth-order valence-electron chi connectivity index (χ4n) is 1.89. The van der Waals surface area contributed by atoms with Gasteiger partial charge in [-0.2, -0.15) is 0 Å². The van der Waals surface area contributed by atoms with Crippen LogP contribution in [0.3, 0.4) is 0 Å². The van der Waals surface area contributed by atoms with E-state index in [0.29, 0.717) is 30.8 Å². The first-order valence-corrected chi connectivity index (χ1v) is 6.86. The van der Waals surface area contributed by atoms with E-state index in [1.807, 2.05) is 6.92 Å². The molecule has 0 radical (unpaired) electrons. The van der Waals surface area contributed by atoms with Crippen LogP contribution in [-0.4, -0.2) is 42.9 Å². The molecule has 0 saturated carbocycles. The molecule has 0 bridgehead atoms. The van der Waals surface area contributed by atoms with Gasteiger partial charge in [0, 0.05) is 26.3 Å². The molecule has 1 aromatic rings. The molecular formula is C13H22ClN3O2. The Balaban J connectivity index is 2.92. The van der Waals surface area contributed by atoms with Crippen molar-refractivity contribution >= 4 is 17.4 Å². The Bertz CT molecular complexity index is 390. The van der Waals surface area contributed by atoms with E-state index < -0.39 is 0 Å². The fourth-order valence-corrected chi connectivity index (χ4v) is 2.08. The van der Waals surface area contributed by atoms with Gasteiger partial charge in [0.1, 0.15) is 17.6 Å². The Morgan fingerprint density at radius 2 is 2.11 bits per heavy atom. The van der Waals surface area contributed by atoms with Crippen LogP contribution in [0.25, 0.3) is 0 Å². The minimum Gasteiger partial charge on any atom is -0.383 e. The molecule has 0 aliphatic heterocycles. The van der Waals surface area contributed by atoms with Gasteiger partial charge in [0.05, 0.1) is 12.6 Å². The molecule has 0 aromatic carbocycles. The Morgan fingerprint density at radius 1 is 1.37 bits per heavy atom. The standard InChI is InChI=1S/C13H22ClN3O2/c1-5-17(10(3)8-18-4)13-7-11(14)15-12(16-13)9-19-6-2/h7,10H,5-6,8-9H2,1-4H3. The highest BCUT2D eigenvalue weighted by Gasteiger charge is 2.15. The molecule has 1 rings (SSSR count). The molecule has 19 heavy (non-hydrogen) atoms. The van der Waals surface area contributed by atoms with E-state index in [9.17, 15) is 0 Å². The zero-order valence-corrected chi connectivity index (χ0v) is 12.8. The van der Waals surface area contributed by atoms with Crippen LogP contribution in [0.1, 0.15) is 26.6 Å². The van der Waals surface area contributed by atoms with Gasteiger partial charge in [-0.1, -0.05) is 11.6 Å². The minimum atomic E-state index is 0.223. The van der Waals surface area contributed by atoms with E-state index >= 15 is 0 Å². The minimum absolute atomic E-state index is 0.223. The summed E-state index contributed by atoms with van der Waals surface area (Å²) in [6, 6.07) is 1.99. The van der Waals surface area contributed by atoms with E-state index in [1.165, 1.54) is 0 Å². The van der Waals surface area contributed by atoms with Crippen molar-refractivity contribution < 1.29 is 9.47 Å². The van der Waals surface area contributed by atoms with Crippen molar-refractivity contribution in [1.82, 2.24) is 9.97 Å². The molecule has 6 heteroatoms. The summed E-state index contributed by atoms with van der Waals surface area (Å²) in [5.74, 6) is 1.41. The SMILES string of the molecule is CCOCc1nc(Cl)cc(N(CC)C(C)COC)n1. The van der Waals surface area contributed by atoms with Crippen molar-refractivity contribution in [3.63, 3.8) is 0 Å². The number of anilines is 1. The zero-order chi connectivity index (χ0) is 14.3. The lowest BCUT2D eigenvalue weighted by molar-refractivity contribution is 0.128. The Hall–Kier alpha value is -0.910. The van der Waals surface area contributed by atoms with Gasteiger partial charge in [0.25, 0.3) is 0 Å². The Labute approximate surface area is 119 Å². The van der Waals surface area contributed by atoms with Crippen molar-refractivity contribution in [2.45, 2.75) is 33.4 Å². The summed E-state index contributed by atoms with van der Waals surface area (Å²) in [4.78, 5) is 10.8.